The van der Waals surface area contributed by atoms with Gasteiger partial charge in [-0.2, -0.15) is 0 Å². The third-order valence-electron chi connectivity index (χ3n) is 4.98. The molecule has 32 heavy (non-hydrogen) atoms. The second kappa shape index (κ2) is 10.4. The highest BCUT2D eigenvalue weighted by molar-refractivity contribution is 7.92. The quantitative estimate of drug-likeness (QED) is 0.469. The summed E-state index contributed by atoms with van der Waals surface area (Å²) >= 11 is 11.9. The number of nitrogens with zero attached hydrogens (tertiary/aromatic N) is 1. The number of amides is 1. The standard InChI is InChI=1S/C24H24Cl2N2O3S/c1-17-15-22(26)11-12-23(17)28(32(2,30)31)16-19-3-7-20(8-4-19)24(29)27-14-13-18-5-9-21(25)10-6-18/h3-12,15H,13-14,16H2,1-2H3,(H,27,29). The van der Waals surface area contributed by atoms with Crippen LogP contribution in [0.1, 0.15) is 27.0 Å². The average molecular weight is 491 g/mol. The Balaban J connectivity index is 1.65. The van der Waals surface area contributed by atoms with Gasteiger partial charge < -0.3 is 5.32 Å². The smallest absolute Gasteiger partial charge is 0.251 e. The molecule has 0 fully saturated rings. The molecule has 0 saturated heterocycles. The summed E-state index contributed by atoms with van der Waals surface area (Å²) in [7, 11) is -3.52. The van der Waals surface area contributed by atoms with Crippen LogP contribution in [0.4, 0.5) is 5.69 Å². The third-order valence-corrected chi connectivity index (χ3v) is 6.60. The molecule has 0 unspecified atom stereocenters. The van der Waals surface area contributed by atoms with Crippen LogP contribution in [0.2, 0.25) is 10.0 Å². The molecule has 0 heterocycles. The Kier molecular flexibility index (Phi) is 7.82. The number of benzene rings is 3. The molecule has 8 heteroatoms. The predicted octanol–water partition coefficient (Wildman–Crippen LogP) is 5.24. The average Bonchev–Trinajstić information content (AvgIpc) is 2.73. The normalized spacial score (nSPS) is 11.2. The van der Waals surface area contributed by atoms with Gasteiger partial charge in [0.25, 0.3) is 5.91 Å². The minimum absolute atomic E-state index is 0.153. The molecule has 168 valence electrons. The van der Waals surface area contributed by atoms with Crippen molar-refractivity contribution in [2.45, 2.75) is 19.9 Å². The highest BCUT2D eigenvalue weighted by Crippen LogP contribution is 2.27. The molecule has 0 atom stereocenters. The lowest BCUT2D eigenvalue weighted by Crippen LogP contribution is -2.30. The van der Waals surface area contributed by atoms with Crippen LogP contribution < -0.4 is 9.62 Å². The second-order valence-electron chi connectivity index (χ2n) is 7.53. The van der Waals surface area contributed by atoms with Crippen molar-refractivity contribution in [3.05, 3.63) is 99.0 Å². The van der Waals surface area contributed by atoms with E-state index in [1.165, 1.54) is 10.6 Å². The first-order valence-corrected chi connectivity index (χ1v) is 12.6. The highest BCUT2D eigenvalue weighted by atomic mass is 35.5. The molecule has 0 aliphatic heterocycles. The Morgan fingerprint density at radius 1 is 0.906 bits per heavy atom. The number of nitrogens with one attached hydrogen (secondary N) is 1. The number of hydrogen-bond acceptors (Lipinski definition) is 3. The van der Waals surface area contributed by atoms with Crippen LogP contribution in [0.15, 0.2) is 66.7 Å². The van der Waals surface area contributed by atoms with Gasteiger partial charge in [-0.05, 0) is 72.5 Å². The minimum atomic E-state index is -3.52. The van der Waals surface area contributed by atoms with Crippen LogP contribution >= 0.6 is 23.2 Å². The molecule has 0 spiro atoms. The van der Waals surface area contributed by atoms with Gasteiger partial charge in [0, 0.05) is 22.2 Å². The third kappa shape index (κ3) is 6.48. The molecule has 0 aliphatic rings. The molecule has 0 aliphatic carbocycles. The SMILES string of the molecule is Cc1cc(Cl)ccc1N(Cc1ccc(C(=O)NCCc2ccc(Cl)cc2)cc1)S(C)(=O)=O. The lowest BCUT2D eigenvalue weighted by molar-refractivity contribution is 0.0954. The van der Waals surface area contributed by atoms with Gasteiger partial charge in [0.2, 0.25) is 10.0 Å². The number of aryl methyl sites for hydroxylation is 1. The first-order chi connectivity index (χ1) is 15.1. The molecule has 0 radical (unpaired) electrons. The summed E-state index contributed by atoms with van der Waals surface area (Å²) in [5.41, 5.74) is 3.70. The van der Waals surface area contributed by atoms with Crippen molar-refractivity contribution in [1.29, 1.82) is 0 Å². The lowest BCUT2D eigenvalue weighted by Gasteiger charge is -2.24. The van der Waals surface area contributed by atoms with Crippen LogP contribution in [0.25, 0.3) is 0 Å². The molecule has 0 saturated carbocycles. The zero-order chi connectivity index (χ0) is 23.3. The van der Waals surface area contributed by atoms with Crippen molar-refractivity contribution in [2.75, 3.05) is 17.1 Å². The number of rotatable bonds is 8. The van der Waals surface area contributed by atoms with Gasteiger partial charge >= 0.3 is 0 Å². The van der Waals surface area contributed by atoms with E-state index < -0.39 is 10.0 Å². The van der Waals surface area contributed by atoms with Crippen LogP contribution in [-0.2, 0) is 23.0 Å². The van der Waals surface area contributed by atoms with Gasteiger partial charge in [-0.1, -0.05) is 47.5 Å². The Morgan fingerprint density at radius 3 is 2.09 bits per heavy atom. The van der Waals surface area contributed by atoms with Gasteiger partial charge in [0.1, 0.15) is 0 Å². The van der Waals surface area contributed by atoms with E-state index in [-0.39, 0.29) is 12.5 Å². The van der Waals surface area contributed by atoms with E-state index in [0.717, 1.165) is 16.7 Å². The molecular formula is C24H24Cl2N2O3S. The summed E-state index contributed by atoms with van der Waals surface area (Å²) in [6, 6.07) is 19.5. The maximum atomic E-state index is 12.4. The monoisotopic (exact) mass is 490 g/mol. The Bertz CT molecular complexity index is 1190. The van der Waals surface area contributed by atoms with Crippen molar-refractivity contribution in [3.8, 4) is 0 Å². The van der Waals surface area contributed by atoms with Crippen LogP contribution in [0.5, 0.6) is 0 Å². The van der Waals surface area contributed by atoms with Crippen molar-refractivity contribution in [1.82, 2.24) is 5.32 Å². The molecular weight excluding hydrogens is 467 g/mol. The van der Waals surface area contributed by atoms with Crippen LogP contribution in [-0.4, -0.2) is 27.1 Å². The molecule has 0 bridgehead atoms. The first-order valence-electron chi connectivity index (χ1n) is 9.99. The first kappa shape index (κ1) is 24.1. The van der Waals surface area contributed by atoms with Gasteiger partial charge in [-0.3, -0.25) is 9.10 Å². The molecule has 1 amide bonds. The largest absolute Gasteiger partial charge is 0.352 e. The van der Waals surface area contributed by atoms with E-state index >= 15 is 0 Å². The number of hydrogen-bond donors (Lipinski definition) is 1. The summed E-state index contributed by atoms with van der Waals surface area (Å²) in [4.78, 5) is 12.4. The number of halogens is 2. The number of anilines is 1. The molecule has 5 nitrogen and oxygen atoms in total. The van der Waals surface area contributed by atoms with E-state index in [0.29, 0.717) is 34.3 Å². The van der Waals surface area contributed by atoms with Gasteiger partial charge in [0.05, 0.1) is 18.5 Å². The van der Waals surface area contributed by atoms with Crippen molar-refractivity contribution in [3.63, 3.8) is 0 Å². The Morgan fingerprint density at radius 2 is 1.50 bits per heavy atom. The Labute approximate surface area is 199 Å². The van der Waals surface area contributed by atoms with E-state index in [1.807, 2.05) is 31.2 Å². The van der Waals surface area contributed by atoms with Crippen molar-refractivity contribution in [2.24, 2.45) is 0 Å². The fourth-order valence-corrected chi connectivity index (χ4v) is 4.58. The summed E-state index contributed by atoms with van der Waals surface area (Å²) in [5, 5.41) is 4.12. The van der Waals surface area contributed by atoms with Crippen molar-refractivity contribution >= 4 is 44.8 Å². The summed E-state index contributed by atoms with van der Waals surface area (Å²) in [6.07, 6.45) is 1.87. The fourth-order valence-electron chi connectivity index (χ4n) is 3.28. The highest BCUT2D eigenvalue weighted by Gasteiger charge is 2.20. The molecule has 1 N–H and O–H groups in total. The Hall–Kier alpha value is -2.54. The van der Waals surface area contributed by atoms with Crippen LogP contribution in [0, 0.1) is 6.92 Å². The maximum Gasteiger partial charge on any atom is 0.251 e. The lowest BCUT2D eigenvalue weighted by atomic mass is 10.1. The molecule has 0 aromatic heterocycles. The summed E-state index contributed by atoms with van der Waals surface area (Å²) in [5.74, 6) is -0.181. The van der Waals surface area contributed by atoms with Gasteiger partial charge in [0.15, 0.2) is 0 Å². The van der Waals surface area contributed by atoms with E-state index in [9.17, 15) is 13.2 Å². The van der Waals surface area contributed by atoms with E-state index in [2.05, 4.69) is 5.32 Å². The number of carbonyl (C=O) groups is 1. The molecule has 3 rings (SSSR count). The summed E-state index contributed by atoms with van der Waals surface area (Å²) in [6.45, 7) is 2.47. The topological polar surface area (TPSA) is 66.5 Å². The maximum absolute atomic E-state index is 12.4. The summed E-state index contributed by atoms with van der Waals surface area (Å²) < 4.78 is 26.2. The molecule has 3 aromatic rings. The van der Waals surface area contributed by atoms with E-state index in [1.54, 1.807) is 42.5 Å². The van der Waals surface area contributed by atoms with E-state index in [4.69, 9.17) is 23.2 Å². The zero-order valence-electron chi connectivity index (χ0n) is 17.8. The predicted molar refractivity (Wildman–Crippen MR) is 131 cm³/mol. The van der Waals surface area contributed by atoms with Crippen LogP contribution in [0.3, 0.4) is 0 Å². The number of carbonyl (C=O) groups excluding carboxylic acids is 1. The zero-order valence-corrected chi connectivity index (χ0v) is 20.1. The van der Waals surface area contributed by atoms with Gasteiger partial charge in [-0.15, -0.1) is 0 Å². The minimum Gasteiger partial charge on any atom is -0.352 e. The van der Waals surface area contributed by atoms with Gasteiger partial charge in [-0.25, -0.2) is 8.42 Å². The second-order valence-corrected chi connectivity index (χ2v) is 10.3. The molecule has 3 aromatic carbocycles. The van der Waals surface area contributed by atoms with Crippen molar-refractivity contribution < 1.29 is 13.2 Å². The fraction of sp³-hybridized carbons (Fsp3) is 0.208. The number of sulfonamides is 1.